The van der Waals surface area contributed by atoms with E-state index < -0.39 is 12.0 Å². The lowest BCUT2D eigenvalue weighted by Gasteiger charge is -2.32. The number of aryl methyl sites for hydroxylation is 1. The number of rotatable bonds is 3. The van der Waals surface area contributed by atoms with Gasteiger partial charge in [0.2, 0.25) is 0 Å². The zero-order valence-electron chi connectivity index (χ0n) is 13.5. The highest BCUT2D eigenvalue weighted by molar-refractivity contribution is 5.56. The first-order valence-corrected chi connectivity index (χ1v) is 7.76. The smallest absolute Gasteiger partial charge is 0.379 e. The molecule has 5 nitrogen and oxygen atoms in total. The van der Waals surface area contributed by atoms with Crippen molar-refractivity contribution >= 4 is 0 Å². The Balaban J connectivity index is 1.80. The second-order valence-corrected chi connectivity index (χ2v) is 5.83. The Bertz CT molecular complexity index is 690. The van der Waals surface area contributed by atoms with Crippen molar-refractivity contribution in [2.45, 2.75) is 19.1 Å². The minimum atomic E-state index is -4.54. The van der Waals surface area contributed by atoms with Crippen molar-refractivity contribution in [3.63, 3.8) is 0 Å². The first-order chi connectivity index (χ1) is 11.4. The summed E-state index contributed by atoms with van der Waals surface area (Å²) in [5, 5.41) is 3.45. The summed E-state index contributed by atoms with van der Waals surface area (Å²) in [7, 11) is 1.46. The maximum Gasteiger partial charge on any atom is 0.453 e. The van der Waals surface area contributed by atoms with Crippen molar-refractivity contribution in [1.29, 1.82) is 0 Å². The molecular formula is C16H19F3N4O. The van der Waals surface area contributed by atoms with Gasteiger partial charge in [0.05, 0.1) is 13.2 Å². The number of ether oxygens (including phenoxy) is 1. The van der Waals surface area contributed by atoms with Crippen LogP contribution in [0.1, 0.15) is 24.4 Å². The molecule has 1 aromatic heterocycles. The van der Waals surface area contributed by atoms with Crippen LogP contribution in [0.15, 0.2) is 24.3 Å². The summed E-state index contributed by atoms with van der Waals surface area (Å²) in [4.78, 5) is 5.94. The standard InChI is InChI=1S/C16H19F3N4O/c1-11(23-7-9-24-10-8-23)12-3-5-13(6-4-12)14-20-15(16(17,18)19)21-22(14)2/h3-6,11H,7-10H2,1-2H3. The SMILES string of the molecule is CC(c1ccc(-c2nc(C(F)(F)F)nn2C)cc1)N1CCOCC1. The van der Waals surface area contributed by atoms with Gasteiger partial charge in [0.25, 0.3) is 5.82 Å². The molecule has 1 aromatic carbocycles. The van der Waals surface area contributed by atoms with Crippen molar-refractivity contribution in [2.75, 3.05) is 26.3 Å². The molecule has 0 spiro atoms. The van der Waals surface area contributed by atoms with Gasteiger partial charge in [-0.05, 0) is 12.5 Å². The fourth-order valence-corrected chi connectivity index (χ4v) is 2.84. The van der Waals surface area contributed by atoms with Crippen LogP contribution in [0.3, 0.4) is 0 Å². The lowest BCUT2D eigenvalue weighted by Crippen LogP contribution is -2.37. The third-order valence-corrected chi connectivity index (χ3v) is 4.26. The molecule has 1 aliphatic heterocycles. The monoisotopic (exact) mass is 340 g/mol. The van der Waals surface area contributed by atoms with Crippen LogP contribution in [0, 0.1) is 0 Å². The predicted octanol–water partition coefficient (Wildman–Crippen LogP) is 2.89. The van der Waals surface area contributed by atoms with Gasteiger partial charge in [-0.15, -0.1) is 5.10 Å². The van der Waals surface area contributed by atoms with E-state index in [9.17, 15) is 13.2 Å². The van der Waals surface area contributed by atoms with Crippen molar-refractivity contribution < 1.29 is 17.9 Å². The van der Waals surface area contributed by atoms with Crippen LogP contribution in [0.4, 0.5) is 13.2 Å². The van der Waals surface area contributed by atoms with Gasteiger partial charge in [-0.2, -0.15) is 13.2 Å². The Morgan fingerprint density at radius 3 is 2.29 bits per heavy atom. The van der Waals surface area contributed by atoms with Gasteiger partial charge in [0.15, 0.2) is 5.82 Å². The highest BCUT2D eigenvalue weighted by Crippen LogP contribution is 2.29. The molecule has 0 saturated carbocycles. The first kappa shape index (κ1) is 16.9. The number of hydrogen-bond donors (Lipinski definition) is 0. The summed E-state index contributed by atoms with van der Waals surface area (Å²) in [6.45, 7) is 5.32. The number of alkyl halides is 3. The number of aromatic nitrogens is 3. The van der Waals surface area contributed by atoms with Crippen molar-refractivity contribution in [3.05, 3.63) is 35.7 Å². The van der Waals surface area contributed by atoms with Crippen LogP contribution in [-0.2, 0) is 18.0 Å². The normalized spacial score (nSPS) is 17.9. The van der Waals surface area contributed by atoms with Crippen LogP contribution in [0.5, 0.6) is 0 Å². The summed E-state index contributed by atoms with van der Waals surface area (Å²) in [6, 6.07) is 7.66. The van der Waals surface area contributed by atoms with Crippen LogP contribution in [0.2, 0.25) is 0 Å². The average Bonchev–Trinajstić information content (AvgIpc) is 2.97. The molecule has 24 heavy (non-hydrogen) atoms. The molecule has 3 rings (SSSR count). The zero-order valence-corrected chi connectivity index (χ0v) is 13.5. The summed E-state index contributed by atoms with van der Waals surface area (Å²) >= 11 is 0. The summed E-state index contributed by atoms with van der Waals surface area (Å²) in [6.07, 6.45) is -4.54. The third kappa shape index (κ3) is 3.44. The van der Waals surface area contributed by atoms with E-state index in [4.69, 9.17) is 4.74 Å². The summed E-state index contributed by atoms with van der Waals surface area (Å²) in [5.74, 6) is -0.918. The highest BCUT2D eigenvalue weighted by Gasteiger charge is 2.36. The Morgan fingerprint density at radius 2 is 1.75 bits per heavy atom. The molecule has 1 unspecified atom stereocenters. The van der Waals surface area contributed by atoms with E-state index in [0.29, 0.717) is 5.56 Å². The van der Waals surface area contributed by atoms with E-state index in [1.54, 1.807) is 12.1 Å². The Morgan fingerprint density at radius 1 is 1.12 bits per heavy atom. The minimum absolute atomic E-state index is 0.202. The summed E-state index contributed by atoms with van der Waals surface area (Å²) < 4.78 is 44.7. The van der Waals surface area contributed by atoms with Gasteiger partial charge in [-0.3, -0.25) is 4.90 Å². The molecule has 0 aliphatic carbocycles. The van der Waals surface area contributed by atoms with Crippen molar-refractivity contribution in [3.8, 4) is 11.4 Å². The Hall–Kier alpha value is -1.93. The van der Waals surface area contributed by atoms with Crippen molar-refractivity contribution in [2.24, 2.45) is 7.05 Å². The van der Waals surface area contributed by atoms with E-state index in [1.165, 1.54) is 7.05 Å². The number of nitrogens with zero attached hydrogens (tertiary/aromatic N) is 4. The number of benzene rings is 1. The maximum atomic E-state index is 12.7. The first-order valence-electron chi connectivity index (χ1n) is 7.76. The number of halogens is 3. The van der Waals surface area contributed by atoms with E-state index in [-0.39, 0.29) is 11.9 Å². The molecular weight excluding hydrogens is 321 g/mol. The molecule has 2 aromatic rings. The van der Waals surface area contributed by atoms with Gasteiger partial charge in [0.1, 0.15) is 0 Å². The fraction of sp³-hybridized carbons (Fsp3) is 0.500. The molecule has 0 amide bonds. The van der Waals surface area contributed by atoms with Gasteiger partial charge in [0, 0.05) is 31.7 Å². The molecule has 1 fully saturated rings. The second kappa shape index (κ2) is 6.52. The third-order valence-electron chi connectivity index (χ3n) is 4.26. The average molecular weight is 340 g/mol. The second-order valence-electron chi connectivity index (χ2n) is 5.83. The van der Waals surface area contributed by atoms with Gasteiger partial charge < -0.3 is 4.74 Å². The minimum Gasteiger partial charge on any atom is -0.379 e. The Kier molecular flexibility index (Phi) is 4.60. The quantitative estimate of drug-likeness (QED) is 0.862. The van der Waals surface area contributed by atoms with E-state index in [1.807, 2.05) is 12.1 Å². The topological polar surface area (TPSA) is 43.2 Å². The van der Waals surface area contributed by atoms with Gasteiger partial charge in [-0.25, -0.2) is 9.67 Å². The maximum absolute atomic E-state index is 12.7. The molecule has 8 heteroatoms. The molecule has 0 bridgehead atoms. The lowest BCUT2D eigenvalue weighted by molar-refractivity contribution is -0.144. The van der Waals surface area contributed by atoms with Gasteiger partial charge in [-0.1, -0.05) is 24.3 Å². The fourth-order valence-electron chi connectivity index (χ4n) is 2.84. The molecule has 0 N–H and O–H groups in total. The highest BCUT2D eigenvalue weighted by atomic mass is 19.4. The molecule has 1 saturated heterocycles. The van der Waals surface area contributed by atoms with Crippen molar-refractivity contribution in [1.82, 2.24) is 19.7 Å². The van der Waals surface area contributed by atoms with Crippen LogP contribution >= 0.6 is 0 Å². The molecule has 1 aliphatic rings. The van der Waals surface area contributed by atoms with Crippen LogP contribution < -0.4 is 0 Å². The largest absolute Gasteiger partial charge is 0.453 e. The Labute approximate surface area is 138 Å². The summed E-state index contributed by atoms with van der Waals surface area (Å²) in [5.41, 5.74) is 1.72. The number of morpholine rings is 1. The zero-order chi connectivity index (χ0) is 17.3. The molecule has 130 valence electrons. The van der Waals surface area contributed by atoms with E-state index >= 15 is 0 Å². The van der Waals surface area contributed by atoms with Crippen LogP contribution in [0.25, 0.3) is 11.4 Å². The van der Waals surface area contributed by atoms with Gasteiger partial charge >= 0.3 is 6.18 Å². The lowest BCUT2D eigenvalue weighted by atomic mass is 10.0. The molecule has 2 heterocycles. The van der Waals surface area contributed by atoms with E-state index in [0.717, 1.165) is 36.5 Å². The predicted molar refractivity (Wildman–Crippen MR) is 82.2 cm³/mol. The number of hydrogen-bond acceptors (Lipinski definition) is 4. The molecule has 0 radical (unpaired) electrons. The molecule has 1 atom stereocenters. The van der Waals surface area contributed by atoms with Crippen LogP contribution in [-0.4, -0.2) is 46.0 Å². The van der Waals surface area contributed by atoms with E-state index in [2.05, 4.69) is 21.9 Å².